The van der Waals surface area contributed by atoms with Crippen LogP contribution in [-0.2, 0) is 0 Å². The summed E-state index contributed by atoms with van der Waals surface area (Å²) in [5.74, 6) is 0. The lowest BCUT2D eigenvalue weighted by Gasteiger charge is -2.08. The Balaban J connectivity index is 1.23. The van der Waals surface area contributed by atoms with Crippen molar-refractivity contribution >= 4 is 32.7 Å². The number of hydrogen-bond donors (Lipinski definition) is 0. The normalized spacial score (nSPS) is 11.5. The first-order chi connectivity index (χ1) is 17.7. The molecule has 0 saturated carbocycles. The fourth-order valence-corrected chi connectivity index (χ4v) is 5.02. The Morgan fingerprint density at radius 1 is 0.556 bits per heavy atom. The SMILES string of the molecule is Cc1ccc(-c2ccc3cc(-c4ccc(-c5cccc6c5oc5ccccc56)nc4)ccc3c2)cc1. The molecule has 0 N–H and O–H groups in total. The number of para-hydroxylation sites is 2. The molecule has 2 heteroatoms. The number of benzene rings is 5. The van der Waals surface area contributed by atoms with Crippen molar-refractivity contribution in [3.63, 3.8) is 0 Å². The maximum atomic E-state index is 6.21. The van der Waals surface area contributed by atoms with E-state index in [1.54, 1.807) is 0 Å². The minimum absolute atomic E-state index is 0.883. The van der Waals surface area contributed by atoms with Gasteiger partial charge in [0.05, 0.1) is 5.69 Å². The Bertz CT molecular complexity index is 1880. The summed E-state index contributed by atoms with van der Waals surface area (Å²) in [4.78, 5) is 4.83. The van der Waals surface area contributed by atoms with Gasteiger partial charge in [-0.3, -0.25) is 4.98 Å². The molecule has 5 aromatic carbocycles. The smallest absolute Gasteiger partial charge is 0.144 e. The second-order valence-electron chi connectivity index (χ2n) is 9.36. The van der Waals surface area contributed by atoms with Crippen molar-refractivity contribution < 1.29 is 4.42 Å². The molecule has 0 saturated heterocycles. The highest BCUT2D eigenvalue weighted by atomic mass is 16.3. The van der Waals surface area contributed by atoms with Crippen molar-refractivity contribution in [2.24, 2.45) is 0 Å². The maximum absolute atomic E-state index is 6.21. The van der Waals surface area contributed by atoms with Crippen LogP contribution in [0.5, 0.6) is 0 Å². The Kier molecular flexibility index (Phi) is 4.71. The van der Waals surface area contributed by atoms with Crippen molar-refractivity contribution in [3.05, 3.63) is 127 Å². The highest BCUT2D eigenvalue weighted by Gasteiger charge is 2.13. The minimum atomic E-state index is 0.883. The molecule has 0 bridgehead atoms. The van der Waals surface area contributed by atoms with Crippen LogP contribution in [0.2, 0.25) is 0 Å². The number of aromatic nitrogens is 1. The van der Waals surface area contributed by atoms with E-state index in [9.17, 15) is 0 Å². The van der Waals surface area contributed by atoms with Crippen molar-refractivity contribution in [3.8, 4) is 33.5 Å². The molecule has 2 heterocycles. The molecule has 7 aromatic rings. The third-order valence-corrected chi connectivity index (χ3v) is 7.00. The molecular formula is C34H23NO. The van der Waals surface area contributed by atoms with E-state index in [1.807, 2.05) is 24.4 Å². The quantitative estimate of drug-likeness (QED) is 0.262. The Labute approximate surface area is 209 Å². The second kappa shape index (κ2) is 8.21. The van der Waals surface area contributed by atoms with Gasteiger partial charge in [0.15, 0.2) is 0 Å². The first-order valence-electron chi connectivity index (χ1n) is 12.2. The monoisotopic (exact) mass is 461 g/mol. The zero-order chi connectivity index (χ0) is 24.1. The lowest BCUT2D eigenvalue weighted by atomic mass is 9.97. The van der Waals surface area contributed by atoms with E-state index in [-0.39, 0.29) is 0 Å². The van der Waals surface area contributed by atoms with Crippen molar-refractivity contribution in [2.75, 3.05) is 0 Å². The fourth-order valence-electron chi connectivity index (χ4n) is 5.02. The van der Waals surface area contributed by atoms with Gasteiger partial charge in [-0.1, -0.05) is 90.5 Å². The largest absolute Gasteiger partial charge is 0.455 e. The number of rotatable bonds is 3. The van der Waals surface area contributed by atoms with Gasteiger partial charge in [-0.2, -0.15) is 0 Å². The van der Waals surface area contributed by atoms with E-state index in [0.29, 0.717) is 0 Å². The summed E-state index contributed by atoms with van der Waals surface area (Å²) in [6, 6.07) is 40.6. The highest BCUT2D eigenvalue weighted by Crippen LogP contribution is 2.35. The molecule has 0 aliphatic carbocycles. The van der Waals surface area contributed by atoms with E-state index >= 15 is 0 Å². The van der Waals surface area contributed by atoms with E-state index in [4.69, 9.17) is 9.40 Å². The maximum Gasteiger partial charge on any atom is 0.144 e. The van der Waals surface area contributed by atoms with Crippen LogP contribution < -0.4 is 0 Å². The molecule has 0 spiro atoms. The number of aryl methyl sites for hydroxylation is 1. The molecule has 2 aromatic heterocycles. The predicted molar refractivity (Wildman–Crippen MR) is 150 cm³/mol. The van der Waals surface area contributed by atoms with Gasteiger partial charge in [0.25, 0.3) is 0 Å². The van der Waals surface area contributed by atoms with E-state index < -0.39 is 0 Å². The molecule has 0 aliphatic heterocycles. The van der Waals surface area contributed by atoms with Crippen LogP contribution in [-0.4, -0.2) is 4.98 Å². The van der Waals surface area contributed by atoms with Crippen molar-refractivity contribution in [2.45, 2.75) is 6.92 Å². The molecule has 0 amide bonds. The van der Waals surface area contributed by atoms with Gasteiger partial charge in [-0.05, 0) is 64.7 Å². The zero-order valence-electron chi connectivity index (χ0n) is 19.9. The fraction of sp³-hybridized carbons (Fsp3) is 0.0294. The molecule has 36 heavy (non-hydrogen) atoms. The van der Waals surface area contributed by atoms with Crippen LogP contribution in [0.3, 0.4) is 0 Å². The Morgan fingerprint density at radius 2 is 1.22 bits per heavy atom. The van der Waals surface area contributed by atoms with Crippen LogP contribution in [0.25, 0.3) is 66.2 Å². The van der Waals surface area contributed by atoms with Gasteiger partial charge in [0.2, 0.25) is 0 Å². The molecule has 170 valence electrons. The first kappa shape index (κ1) is 20.7. The van der Waals surface area contributed by atoms with Gasteiger partial charge in [-0.15, -0.1) is 0 Å². The first-order valence-corrected chi connectivity index (χ1v) is 12.2. The summed E-state index contributed by atoms with van der Waals surface area (Å²) in [7, 11) is 0. The number of hydrogen-bond acceptors (Lipinski definition) is 2. The third-order valence-electron chi connectivity index (χ3n) is 7.00. The summed E-state index contributed by atoms with van der Waals surface area (Å²) < 4.78 is 6.21. The molecule has 0 fully saturated rings. The molecular weight excluding hydrogens is 438 g/mol. The second-order valence-corrected chi connectivity index (χ2v) is 9.36. The summed E-state index contributed by atoms with van der Waals surface area (Å²) >= 11 is 0. The number of nitrogens with zero attached hydrogens (tertiary/aromatic N) is 1. The van der Waals surface area contributed by atoms with Crippen molar-refractivity contribution in [1.29, 1.82) is 0 Å². The molecule has 0 aliphatic rings. The van der Waals surface area contributed by atoms with Gasteiger partial charge >= 0.3 is 0 Å². The van der Waals surface area contributed by atoms with E-state index in [0.717, 1.165) is 44.3 Å². The van der Waals surface area contributed by atoms with Gasteiger partial charge in [0, 0.05) is 28.1 Å². The number of furan rings is 1. The average Bonchev–Trinajstić information content (AvgIpc) is 3.32. The molecule has 2 nitrogen and oxygen atoms in total. The Hall–Kier alpha value is -4.69. The van der Waals surface area contributed by atoms with Crippen LogP contribution in [0.1, 0.15) is 5.56 Å². The molecule has 0 atom stereocenters. The summed E-state index contributed by atoms with van der Waals surface area (Å²) in [5.41, 5.74) is 9.72. The summed E-state index contributed by atoms with van der Waals surface area (Å²) in [5, 5.41) is 4.71. The van der Waals surface area contributed by atoms with Gasteiger partial charge in [0.1, 0.15) is 11.2 Å². The molecule has 0 radical (unpaired) electrons. The lowest BCUT2D eigenvalue weighted by molar-refractivity contribution is 0.670. The summed E-state index contributed by atoms with van der Waals surface area (Å²) in [6.45, 7) is 2.12. The van der Waals surface area contributed by atoms with Crippen LogP contribution in [0.4, 0.5) is 0 Å². The summed E-state index contributed by atoms with van der Waals surface area (Å²) in [6.07, 6.45) is 1.96. The van der Waals surface area contributed by atoms with Crippen LogP contribution in [0.15, 0.2) is 126 Å². The standard InChI is InChI=1S/C34H23NO/c1-22-9-11-23(12-10-22)24-13-14-26-20-27(16-15-25(26)19-24)28-17-18-32(35-21-28)31-7-4-6-30-29-5-2-3-8-33(29)36-34(30)31/h2-21H,1H3. The topological polar surface area (TPSA) is 26.0 Å². The lowest BCUT2D eigenvalue weighted by Crippen LogP contribution is -1.86. The number of fused-ring (bicyclic) bond motifs is 4. The van der Waals surface area contributed by atoms with E-state index in [1.165, 1.54) is 27.5 Å². The molecule has 0 unspecified atom stereocenters. The van der Waals surface area contributed by atoms with Crippen molar-refractivity contribution in [1.82, 2.24) is 4.98 Å². The minimum Gasteiger partial charge on any atom is -0.455 e. The average molecular weight is 462 g/mol. The molecule has 7 rings (SSSR count). The van der Waals surface area contributed by atoms with E-state index in [2.05, 4.69) is 104 Å². The van der Waals surface area contributed by atoms with Gasteiger partial charge in [-0.25, -0.2) is 0 Å². The number of pyridine rings is 1. The van der Waals surface area contributed by atoms with Gasteiger partial charge < -0.3 is 4.42 Å². The third kappa shape index (κ3) is 3.47. The zero-order valence-corrected chi connectivity index (χ0v) is 19.9. The highest BCUT2D eigenvalue weighted by molar-refractivity contribution is 6.09. The Morgan fingerprint density at radius 3 is 1.97 bits per heavy atom. The van der Waals surface area contributed by atoms with Crippen LogP contribution >= 0.6 is 0 Å². The predicted octanol–water partition coefficient (Wildman–Crippen LogP) is 9.44. The van der Waals surface area contributed by atoms with Crippen LogP contribution in [0, 0.1) is 6.92 Å².